The van der Waals surface area contributed by atoms with Crippen molar-refractivity contribution in [3.05, 3.63) is 68.1 Å². The number of rotatable bonds is 9. The van der Waals surface area contributed by atoms with Crippen molar-refractivity contribution in [2.24, 2.45) is 13.0 Å². The summed E-state index contributed by atoms with van der Waals surface area (Å²) in [5, 5.41) is 9.12. The predicted molar refractivity (Wildman–Crippen MR) is 125 cm³/mol. The van der Waals surface area contributed by atoms with E-state index in [1.807, 2.05) is 55.7 Å². The Bertz CT molecular complexity index is 1230. The Balaban J connectivity index is 1.84. The third kappa shape index (κ3) is 4.85. The summed E-state index contributed by atoms with van der Waals surface area (Å²) in [5.41, 5.74) is 5.85. The minimum Gasteiger partial charge on any atom is -0.384 e. The SMILES string of the molecule is CCn1c(Cc2ccccc2)nnc1SCC(=O)c1c(N)n(CC(C)C)c(=O)n(C)c1=O. The lowest BCUT2D eigenvalue weighted by Crippen LogP contribution is -2.43. The van der Waals surface area contributed by atoms with Gasteiger partial charge in [-0.3, -0.25) is 18.7 Å². The van der Waals surface area contributed by atoms with Crippen LogP contribution < -0.4 is 17.0 Å². The molecule has 0 unspecified atom stereocenters. The van der Waals surface area contributed by atoms with E-state index < -0.39 is 17.0 Å². The second-order valence-electron chi connectivity index (χ2n) is 7.93. The van der Waals surface area contributed by atoms with Crippen LogP contribution >= 0.6 is 11.8 Å². The van der Waals surface area contributed by atoms with Gasteiger partial charge in [-0.25, -0.2) is 4.79 Å². The van der Waals surface area contributed by atoms with Gasteiger partial charge in [0.15, 0.2) is 10.9 Å². The quantitative estimate of drug-likeness (QED) is 0.386. The normalized spacial score (nSPS) is 11.3. The summed E-state index contributed by atoms with van der Waals surface area (Å²) in [7, 11) is 1.36. The molecule has 2 heterocycles. The highest BCUT2D eigenvalue weighted by Crippen LogP contribution is 2.21. The molecule has 0 aliphatic rings. The van der Waals surface area contributed by atoms with Crippen molar-refractivity contribution >= 4 is 23.4 Å². The summed E-state index contributed by atoms with van der Waals surface area (Å²) in [4.78, 5) is 38.1. The van der Waals surface area contributed by atoms with Crippen LogP contribution in [-0.2, 0) is 26.6 Å². The molecule has 0 saturated carbocycles. The number of nitrogens with zero attached hydrogens (tertiary/aromatic N) is 5. The first-order valence-corrected chi connectivity index (χ1v) is 11.4. The van der Waals surface area contributed by atoms with Gasteiger partial charge in [0.1, 0.15) is 17.2 Å². The molecule has 32 heavy (non-hydrogen) atoms. The molecular weight excluding hydrogens is 428 g/mol. The predicted octanol–water partition coefficient (Wildman–Crippen LogP) is 1.96. The fraction of sp³-hybridized carbons (Fsp3) is 0.409. The minimum atomic E-state index is -0.681. The Hall–Kier alpha value is -3.14. The number of ketones is 1. The number of anilines is 1. The van der Waals surface area contributed by atoms with Crippen molar-refractivity contribution in [1.82, 2.24) is 23.9 Å². The zero-order chi connectivity index (χ0) is 23.4. The van der Waals surface area contributed by atoms with Gasteiger partial charge >= 0.3 is 5.69 Å². The molecule has 0 fully saturated rings. The molecule has 2 aromatic heterocycles. The first-order chi connectivity index (χ1) is 15.2. The maximum Gasteiger partial charge on any atom is 0.332 e. The standard InChI is InChI=1S/C22H28N6O3S/c1-5-27-17(11-15-9-7-6-8-10-15)24-25-21(27)32-13-16(29)18-19(23)28(12-14(2)3)22(31)26(4)20(18)30/h6-10,14H,5,11-13,23H2,1-4H3. The lowest BCUT2D eigenvalue weighted by Gasteiger charge is -2.16. The number of benzene rings is 1. The largest absolute Gasteiger partial charge is 0.384 e. The first kappa shape index (κ1) is 23.5. The van der Waals surface area contributed by atoms with Crippen LogP contribution in [-0.4, -0.2) is 35.4 Å². The smallest absolute Gasteiger partial charge is 0.332 e. The van der Waals surface area contributed by atoms with E-state index in [0.29, 0.717) is 24.7 Å². The van der Waals surface area contributed by atoms with E-state index in [1.54, 1.807) is 0 Å². The summed E-state index contributed by atoms with van der Waals surface area (Å²) in [6, 6.07) is 9.95. The number of carbonyl (C=O) groups is 1. The van der Waals surface area contributed by atoms with Crippen molar-refractivity contribution in [2.45, 2.75) is 45.4 Å². The number of aromatic nitrogens is 5. The van der Waals surface area contributed by atoms with E-state index in [2.05, 4.69) is 10.2 Å². The third-order valence-electron chi connectivity index (χ3n) is 5.06. The fourth-order valence-electron chi connectivity index (χ4n) is 3.44. The summed E-state index contributed by atoms with van der Waals surface area (Å²) in [5.74, 6) is 0.355. The molecule has 0 radical (unpaired) electrons. The summed E-state index contributed by atoms with van der Waals surface area (Å²) >= 11 is 1.20. The maximum atomic E-state index is 13.0. The number of hydrogen-bond donors (Lipinski definition) is 1. The van der Waals surface area contributed by atoms with Gasteiger partial charge in [0, 0.05) is 26.6 Å². The van der Waals surface area contributed by atoms with Gasteiger partial charge in [-0.1, -0.05) is 55.9 Å². The van der Waals surface area contributed by atoms with Crippen molar-refractivity contribution in [3.63, 3.8) is 0 Å². The van der Waals surface area contributed by atoms with Gasteiger partial charge in [-0.2, -0.15) is 0 Å². The molecule has 1 aromatic carbocycles. The average Bonchev–Trinajstić information content (AvgIpc) is 3.15. The number of hydrogen-bond acceptors (Lipinski definition) is 7. The summed E-state index contributed by atoms with van der Waals surface area (Å²) in [6.07, 6.45) is 0.629. The van der Waals surface area contributed by atoms with Gasteiger partial charge < -0.3 is 10.3 Å². The van der Waals surface area contributed by atoms with Crippen LogP contribution in [0.1, 0.15) is 42.5 Å². The fourth-order valence-corrected chi connectivity index (χ4v) is 4.34. The lowest BCUT2D eigenvalue weighted by molar-refractivity contribution is 0.102. The van der Waals surface area contributed by atoms with Crippen molar-refractivity contribution in [1.29, 1.82) is 0 Å². The topological polar surface area (TPSA) is 118 Å². The van der Waals surface area contributed by atoms with E-state index in [4.69, 9.17) is 5.73 Å². The first-order valence-electron chi connectivity index (χ1n) is 10.5. The molecule has 0 atom stereocenters. The number of nitrogens with two attached hydrogens (primary N) is 1. The highest BCUT2D eigenvalue weighted by molar-refractivity contribution is 7.99. The number of carbonyl (C=O) groups excluding carboxylic acids is 1. The molecule has 0 saturated heterocycles. The molecular formula is C22H28N6O3S. The van der Waals surface area contributed by atoms with Crippen LogP contribution in [0.3, 0.4) is 0 Å². The Morgan fingerprint density at radius 2 is 1.81 bits per heavy atom. The summed E-state index contributed by atoms with van der Waals surface area (Å²) < 4.78 is 4.17. The highest BCUT2D eigenvalue weighted by Gasteiger charge is 2.23. The zero-order valence-corrected chi connectivity index (χ0v) is 19.6. The molecule has 0 spiro atoms. The third-order valence-corrected chi connectivity index (χ3v) is 6.02. The van der Waals surface area contributed by atoms with E-state index >= 15 is 0 Å². The molecule has 10 heteroatoms. The van der Waals surface area contributed by atoms with Gasteiger partial charge in [0.2, 0.25) is 0 Å². The Labute approximate surface area is 190 Å². The van der Waals surface area contributed by atoms with Crippen LogP contribution in [0.4, 0.5) is 5.82 Å². The van der Waals surface area contributed by atoms with E-state index in [1.165, 1.54) is 23.4 Å². The average molecular weight is 457 g/mol. The second-order valence-corrected chi connectivity index (χ2v) is 8.87. The molecule has 3 rings (SSSR count). The van der Waals surface area contributed by atoms with Gasteiger partial charge in [0.25, 0.3) is 5.56 Å². The summed E-state index contributed by atoms with van der Waals surface area (Å²) in [6.45, 7) is 6.81. The van der Waals surface area contributed by atoms with E-state index in [-0.39, 0.29) is 23.1 Å². The van der Waals surface area contributed by atoms with Crippen LogP contribution in [0.25, 0.3) is 0 Å². The zero-order valence-electron chi connectivity index (χ0n) is 18.7. The monoisotopic (exact) mass is 456 g/mol. The molecule has 9 nitrogen and oxygen atoms in total. The molecule has 170 valence electrons. The molecule has 0 aliphatic carbocycles. The second kappa shape index (κ2) is 9.99. The molecule has 2 N–H and O–H groups in total. The molecule has 3 aromatic rings. The van der Waals surface area contributed by atoms with Crippen LogP contribution in [0.5, 0.6) is 0 Å². The van der Waals surface area contributed by atoms with Crippen molar-refractivity contribution in [2.75, 3.05) is 11.5 Å². The molecule has 0 aliphatic heterocycles. The molecule has 0 amide bonds. The number of Topliss-reactive ketones (excluding diaryl/α,β-unsaturated/α-hetero) is 1. The number of nitrogen functional groups attached to an aromatic ring is 1. The van der Waals surface area contributed by atoms with E-state index in [9.17, 15) is 14.4 Å². The lowest BCUT2D eigenvalue weighted by atomic mass is 10.1. The highest BCUT2D eigenvalue weighted by atomic mass is 32.2. The van der Waals surface area contributed by atoms with Crippen molar-refractivity contribution < 1.29 is 4.79 Å². The maximum absolute atomic E-state index is 13.0. The van der Waals surface area contributed by atoms with Gasteiger partial charge in [0.05, 0.1) is 5.75 Å². The Morgan fingerprint density at radius 1 is 1.12 bits per heavy atom. The Kier molecular flexibility index (Phi) is 7.34. The van der Waals surface area contributed by atoms with Crippen LogP contribution in [0.15, 0.2) is 45.1 Å². The minimum absolute atomic E-state index is 0.0389. The van der Waals surface area contributed by atoms with E-state index in [0.717, 1.165) is 16.0 Å². The van der Waals surface area contributed by atoms with Crippen LogP contribution in [0.2, 0.25) is 0 Å². The van der Waals surface area contributed by atoms with Crippen LogP contribution in [0, 0.1) is 5.92 Å². The van der Waals surface area contributed by atoms with Gasteiger partial charge in [-0.15, -0.1) is 10.2 Å². The molecule has 0 bridgehead atoms. The van der Waals surface area contributed by atoms with Gasteiger partial charge in [-0.05, 0) is 18.4 Å². The Morgan fingerprint density at radius 3 is 2.44 bits per heavy atom. The van der Waals surface area contributed by atoms with Crippen molar-refractivity contribution in [3.8, 4) is 0 Å². The number of thioether (sulfide) groups is 1.